The van der Waals surface area contributed by atoms with Gasteiger partial charge in [0.1, 0.15) is 0 Å². The van der Waals surface area contributed by atoms with Gasteiger partial charge < -0.3 is 5.32 Å². The zero-order valence-electron chi connectivity index (χ0n) is 15.4. The number of hydrogen-bond acceptors (Lipinski definition) is 4. The number of fused-ring (bicyclic) bond motifs is 1. The van der Waals surface area contributed by atoms with Crippen molar-refractivity contribution in [2.45, 2.75) is 70.1 Å². The van der Waals surface area contributed by atoms with Crippen molar-refractivity contribution in [3.8, 4) is 0 Å². The first kappa shape index (κ1) is 18.6. The molecule has 0 aromatic heterocycles. The zero-order valence-corrected chi connectivity index (χ0v) is 16.2. The number of nitrogens with one attached hydrogen (secondary N) is 2. The van der Waals surface area contributed by atoms with E-state index in [0.29, 0.717) is 11.8 Å². The zero-order chi connectivity index (χ0) is 17.9. The molecule has 2 aliphatic carbocycles. The molecule has 0 aromatic rings. The van der Waals surface area contributed by atoms with Gasteiger partial charge in [0, 0.05) is 36.1 Å². The Labute approximate surface area is 152 Å². The molecule has 140 valence electrons. The Kier molecular flexibility index (Phi) is 6.00. The molecular weight excluding hydrogens is 334 g/mol. The van der Waals surface area contributed by atoms with Crippen LogP contribution in [0.4, 0.5) is 0 Å². The van der Waals surface area contributed by atoms with Crippen LogP contribution in [-0.4, -0.2) is 32.5 Å². The summed E-state index contributed by atoms with van der Waals surface area (Å²) in [6.45, 7) is 4.45. The number of allylic oxidation sites excluding steroid dienone is 4. The lowest BCUT2D eigenvalue weighted by molar-refractivity contribution is 0.306. The van der Waals surface area contributed by atoms with Gasteiger partial charge in [-0.2, -0.15) is 0 Å². The van der Waals surface area contributed by atoms with E-state index in [9.17, 15) is 8.42 Å². The van der Waals surface area contributed by atoms with Crippen molar-refractivity contribution in [3.05, 3.63) is 23.5 Å². The van der Waals surface area contributed by atoms with Crippen molar-refractivity contribution in [1.29, 1.82) is 0 Å². The average molecular weight is 366 g/mol. The van der Waals surface area contributed by atoms with Gasteiger partial charge in [-0.1, -0.05) is 0 Å². The summed E-state index contributed by atoms with van der Waals surface area (Å²) in [6, 6.07) is 0.114. The fourth-order valence-electron chi connectivity index (χ4n) is 3.86. The molecule has 1 fully saturated rings. The van der Waals surface area contributed by atoms with E-state index < -0.39 is 10.0 Å². The molecule has 0 bridgehead atoms. The van der Waals surface area contributed by atoms with Gasteiger partial charge in [-0.05, 0) is 76.9 Å². The highest BCUT2D eigenvalue weighted by molar-refractivity contribution is 7.90. The quantitative estimate of drug-likeness (QED) is 0.760. The Bertz CT molecular complexity index is 656. The van der Waals surface area contributed by atoms with E-state index in [-0.39, 0.29) is 11.3 Å². The van der Waals surface area contributed by atoms with Crippen LogP contribution in [0.5, 0.6) is 0 Å². The summed E-state index contributed by atoms with van der Waals surface area (Å²) in [5.74, 6) is 1.22. The molecule has 0 amide bonds. The molecule has 25 heavy (non-hydrogen) atoms. The monoisotopic (exact) mass is 365 g/mol. The van der Waals surface area contributed by atoms with Gasteiger partial charge in [0.25, 0.3) is 0 Å². The second-order valence-electron chi connectivity index (χ2n) is 7.88. The lowest BCUT2D eigenvalue weighted by Crippen LogP contribution is -2.41. The Balaban J connectivity index is 1.42. The fourth-order valence-corrected chi connectivity index (χ4v) is 4.84. The maximum Gasteiger partial charge on any atom is 0.214 e. The van der Waals surface area contributed by atoms with Crippen LogP contribution in [0.15, 0.2) is 28.5 Å². The largest absolute Gasteiger partial charge is 0.388 e. The maximum absolute atomic E-state index is 12.0. The normalized spacial score (nSPS) is 29.8. The average Bonchev–Trinajstić information content (AvgIpc) is 2.60. The summed E-state index contributed by atoms with van der Waals surface area (Å²) < 4.78 is 26.8. The molecular formula is C19H31N3O2S. The summed E-state index contributed by atoms with van der Waals surface area (Å²) in [5.41, 5.74) is 2.56. The number of rotatable bonds is 6. The van der Waals surface area contributed by atoms with E-state index in [1.54, 1.807) is 13.8 Å². The highest BCUT2D eigenvalue weighted by Crippen LogP contribution is 2.31. The second-order valence-corrected chi connectivity index (χ2v) is 10.2. The molecule has 1 heterocycles. The number of aliphatic imine (C=N–C) groups is 1. The molecule has 0 saturated heterocycles. The lowest BCUT2D eigenvalue weighted by atomic mass is 9.85. The molecule has 5 nitrogen and oxygen atoms in total. The van der Waals surface area contributed by atoms with Crippen LogP contribution in [-0.2, 0) is 10.0 Å². The minimum absolute atomic E-state index is 0.114. The third-order valence-electron chi connectivity index (χ3n) is 5.64. The molecule has 0 radical (unpaired) electrons. The van der Waals surface area contributed by atoms with Crippen LogP contribution in [0.25, 0.3) is 0 Å². The van der Waals surface area contributed by atoms with Crippen LogP contribution >= 0.6 is 0 Å². The predicted octanol–water partition coefficient (Wildman–Crippen LogP) is 3.11. The van der Waals surface area contributed by atoms with Crippen molar-refractivity contribution >= 4 is 16.2 Å². The molecule has 1 saturated carbocycles. The Hall–Kier alpha value is -1.14. The topological polar surface area (TPSA) is 70.6 Å². The van der Waals surface area contributed by atoms with Crippen molar-refractivity contribution in [2.24, 2.45) is 16.8 Å². The minimum Gasteiger partial charge on any atom is -0.388 e. The fraction of sp³-hybridized carbons (Fsp3) is 0.737. The smallest absolute Gasteiger partial charge is 0.214 e. The predicted molar refractivity (Wildman–Crippen MR) is 103 cm³/mol. The van der Waals surface area contributed by atoms with Crippen LogP contribution in [0.2, 0.25) is 0 Å². The van der Waals surface area contributed by atoms with Gasteiger partial charge >= 0.3 is 0 Å². The molecule has 0 aromatic carbocycles. The highest BCUT2D eigenvalue weighted by atomic mass is 32.2. The Morgan fingerprint density at radius 1 is 1.16 bits per heavy atom. The summed E-state index contributed by atoms with van der Waals surface area (Å²) in [5, 5.41) is 3.28. The molecule has 3 aliphatic rings. The summed E-state index contributed by atoms with van der Waals surface area (Å²) in [7, 11) is -3.15. The van der Waals surface area contributed by atoms with Gasteiger partial charge in [0.05, 0.1) is 5.25 Å². The minimum atomic E-state index is -3.15. The van der Waals surface area contributed by atoms with Gasteiger partial charge in [0.2, 0.25) is 10.0 Å². The van der Waals surface area contributed by atoms with E-state index in [0.717, 1.165) is 45.1 Å². The molecule has 3 rings (SSSR count). The molecule has 0 spiro atoms. The van der Waals surface area contributed by atoms with Crippen molar-refractivity contribution in [3.63, 3.8) is 0 Å². The van der Waals surface area contributed by atoms with Gasteiger partial charge in [-0.3, -0.25) is 4.99 Å². The number of sulfonamides is 1. The third kappa shape index (κ3) is 4.94. The van der Waals surface area contributed by atoms with Crippen LogP contribution in [0.1, 0.15) is 58.8 Å². The first-order valence-electron chi connectivity index (χ1n) is 9.62. The Morgan fingerprint density at radius 3 is 2.64 bits per heavy atom. The number of hydrogen-bond donors (Lipinski definition) is 2. The number of nitrogens with zero attached hydrogens (tertiary/aromatic N) is 1. The third-order valence-corrected chi connectivity index (χ3v) is 7.54. The molecule has 1 atom stereocenters. The van der Waals surface area contributed by atoms with Crippen molar-refractivity contribution in [1.82, 2.24) is 10.0 Å². The van der Waals surface area contributed by atoms with Crippen LogP contribution < -0.4 is 10.0 Å². The maximum atomic E-state index is 12.0. The van der Waals surface area contributed by atoms with E-state index in [1.165, 1.54) is 17.8 Å². The highest BCUT2D eigenvalue weighted by Gasteiger charge is 2.27. The van der Waals surface area contributed by atoms with Gasteiger partial charge in [0.15, 0.2) is 0 Å². The second kappa shape index (κ2) is 8.04. The van der Waals surface area contributed by atoms with Gasteiger partial charge in [-0.25, -0.2) is 13.1 Å². The van der Waals surface area contributed by atoms with E-state index >= 15 is 0 Å². The summed E-state index contributed by atoms with van der Waals surface area (Å²) in [4.78, 5) is 4.49. The molecule has 1 aliphatic heterocycles. The van der Waals surface area contributed by atoms with E-state index in [4.69, 9.17) is 0 Å². The SMILES string of the molecule is CC(C)S(=O)(=O)NC1CCC(CNC2=CC=C3N=CCCC3C2)CC1. The first-order valence-corrected chi connectivity index (χ1v) is 11.2. The van der Waals surface area contributed by atoms with Crippen molar-refractivity contribution < 1.29 is 8.42 Å². The standard InChI is InChI=1S/C19H31N3O2S/c1-14(2)25(23,24)22-17-7-5-15(6-8-17)13-21-18-9-10-19-16(12-18)4-3-11-20-19/h9-11,14-17,21-22H,3-8,12-13H2,1-2H3. The molecule has 2 N–H and O–H groups in total. The summed E-state index contributed by atoms with van der Waals surface area (Å²) >= 11 is 0. The summed E-state index contributed by atoms with van der Waals surface area (Å²) in [6.07, 6.45) is 13.8. The molecule has 6 heteroatoms. The van der Waals surface area contributed by atoms with E-state index in [2.05, 4.69) is 27.2 Å². The van der Waals surface area contributed by atoms with E-state index in [1.807, 2.05) is 6.21 Å². The van der Waals surface area contributed by atoms with Gasteiger partial charge in [-0.15, -0.1) is 0 Å². The lowest BCUT2D eigenvalue weighted by Gasteiger charge is -2.31. The molecule has 1 unspecified atom stereocenters. The Morgan fingerprint density at radius 2 is 1.92 bits per heavy atom. The first-order chi connectivity index (χ1) is 11.9. The van der Waals surface area contributed by atoms with Crippen molar-refractivity contribution in [2.75, 3.05) is 6.54 Å². The van der Waals surface area contributed by atoms with Crippen LogP contribution in [0, 0.1) is 11.8 Å². The van der Waals surface area contributed by atoms with Crippen LogP contribution in [0.3, 0.4) is 0 Å².